The van der Waals surface area contributed by atoms with Crippen LogP contribution in [0.1, 0.15) is 11.1 Å². The van der Waals surface area contributed by atoms with Gasteiger partial charge in [0.15, 0.2) is 0 Å². The number of nitrogens with zero attached hydrogens (tertiary/aromatic N) is 1. The van der Waals surface area contributed by atoms with Crippen LogP contribution in [0, 0.1) is 0 Å². The normalized spacial score (nSPS) is 18.3. The molecule has 16 N–H and O–H groups in total. The molecule has 0 amide bonds. The fourth-order valence-electron chi connectivity index (χ4n) is 4.05. The maximum atomic E-state index is 12.2. The smallest absolute Gasteiger partial charge is 0.208 e. The Balaban J connectivity index is 3.14. The highest BCUT2D eigenvalue weighted by Crippen LogP contribution is 2.27. The molecule has 0 heterocycles. The molecule has 18 nitrogen and oxygen atoms in total. The molecule has 278 valence electrons. The molecule has 0 aliphatic carbocycles. The molecule has 0 saturated carbocycles. The third-order valence-corrected chi connectivity index (χ3v) is 9.22. The molecule has 0 aliphatic rings. The number of nitrogens with two attached hydrogens (primary N) is 2. The second kappa shape index (κ2) is 23.0. The zero-order valence-corrected chi connectivity index (χ0v) is 27.7. The summed E-state index contributed by atoms with van der Waals surface area (Å²) in [6.45, 7) is -4.17. The third kappa shape index (κ3) is 14.7. The molecule has 0 aliphatic heterocycles. The number of benzene rings is 1. The lowest BCUT2D eigenvalue weighted by Crippen LogP contribution is -2.53. The molecule has 10 atom stereocenters. The first-order valence-electron chi connectivity index (χ1n) is 14.8. The standard InChI is InChI=1S/C28H49N3O15S2/c29-17(8-32)27(44)47-12-14-1-2-16(5-15(14)13-48-28(45)18(30)9-33)46-4-3-31(6-19(36)23(40)25(42)21(38)10-34)7-20(37)24(41)26(43)22(39)11-35/h1-2,5,17-26,32-43H,3-4,6-13,29-30H2/t17-,18-,19-,20-,21+,22+,23+,24+,25+,26+/m0/s1. The van der Waals surface area contributed by atoms with Gasteiger partial charge in [0.25, 0.3) is 0 Å². The van der Waals surface area contributed by atoms with E-state index < -0.39 is 111 Å². The van der Waals surface area contributed by atoms with Gasteiger partial charge in [0.1, 0.15) is 49.0 Å². The summed E-state index contributed by atoms with van der Waals surface area (Å²) in [6, 6.07) is 2.59. The molecule has 1 rings (SSSR count). The predicted molar refractivity (Wildman–Crippen MR) is 173 cm³/mol. The van der Waals surface area contributed by atoms with Crippen LogP contribution in [0.2, 0.25) is 0 Å². The summed E-state index contributed by atoms with van der Waals surface area (Å²) in [4.78, 5) is 25.6. The molecule has 0 spiro atoms. The third-order valence-electron chi connectivity index (χ3n) is 7.13. The van der Waals surface area contributed by atoms with E-state index in [0.717, 1.165) is 23.5 Å². The SMILES string of the molecule is N[C@@H](CO)C(=O)SCc1ccc(OCCN(C[C@H](O)[C@@H](O)[C@H](O)[C@H](O)CO)C[C@H](O)[C@@H](O)[C@H](O)[C@H](O)CO)cc1CSC(=O)[C@@H](N)CO. The molecule has 0 bridgehead atoms. The van der Waals surface area contributed by atoms with Crippen LogP contribution in [0.5, 0.6) is 5.75 Å². The lowest BCUT2D eigenvalue weighted by Gasteiger charge is -2.33. The summed E-state index contributed by atoms with van der Waals surface area (Å²) < 4.78 is 5.82. The highest BCUT2D eigenvalue weighted by molar-refractivity contribution is 8.13. The summed E-state index contributed by atoms with van der Waals surface area (Å²) >= 11 is 1.69. The fourth-order valence-corrected chi connectivity index (χ4v) is 5.77. The Morgan fingerprint density at radius 1 is 0.646 bits per heavy atom. The van der Waals surface area contributed by atoms with Crippen molar-refractivity contribution >= 4 is 33.8 Å². The van der Waals surface area contributed by atoms with Crippen molar-refractivity contribution in [2.24, 2.45) is 11.5 Å². The van der Waals surface area contributed by atoms with Crippen molar-refractivity contribution in [3.8, 4) is 5.75 Å². The molecule has 48 heavy (non-hydrogen) atoms. The van der Waals surface area contributed by atoms with Gasteiger partial charge in [-0.3, -0.25) is 14.5 Å². The summed E-state index contributed by atoms with van der Waals surface area (Å²) in [5, 5.41) is 116. The first-order valence-corrected chi connectivity index (χ1v) is 16.8. The van der Waals surface area contributed by atoms with Crippen LogP contribution >= 0.6 is 23.5 Å². The van der Waals surface area contributed by atoms with Crippen molar-refractivity contribution in [2.45, 2.75) is 72.4 Å². The van der Waals surface area contributed by atoms with Gasteiger partial charge in [-0.25, -0.2) is 0 Å². The van der Waals surface area contributed by atoms with E-state index in [0.29, 0.717) is 11.1 Å². The van der Waals surface area contributed by atoms with Gasteiger partial charge in [-0.1, -0.05) is 29.6 Å². The van der Waals surface area contributed by atoms with Crippen molar-refractivity contribution in [3.63, 3.8) is 0 Å². The van der Waals surface area contributed by atoms with Gasteiger partial charge in [-0.2, -0.15) is 0 Å². The largest absolute Gasteiger partial charge is 0.492 e. The number of hydrogen-bond donors (Lipinski definition) is 14. The highest BCUT2D eigenvalue weighted by atomic mass is 32.2. The Morgan fingerprint density at radius 2 is 1.06 bits per heavy atom. The first kappa shape index (κ1) is 44.5. The Hall–Kier alpha value is -1.54. The van der Waals surface area contributed by atoms with E-state index >= 15 is 0 Å². The zero-order chi connectivity index (χ0) is 36.6. The van der Waals surface area contributed by atoms with Crippen molar-refractivity contribution in [3.05, 3.63) is 29.3 Å². The predicted octanol–water partition coefficient (Wildman–Crippen LogP) is -6.60. The van der Waals surface area contributed by atoms with Gasteiger partial charge < -0.3 is 77.5 Å². The molecule has 1 aromatic rings. The van der Waals surface area contributed by atoms with Gasteiger partial charge in [-0.05, 0) is 23.3 Å². The maximum Gasteiger partial charge on any atom is 0.208 e. The van der Waals surface area contributed by atoms with Crippen LogP contribution in [0.4, 0.5) is 0 Å². The summed E-state index contributed by atoms with van der Waals surface area (Å²) in [6.07, 6.45) is -14.9. The number of rotatable bonds is 24. The summed E-state index contributed by atoms with van der Waals surface area (Å²) in [5.74, 6) is 0.510. The minimum atomic E-state index is -1.95. The molecular weight excluding hydrogens is 682 g/mol. The summed E-state index contributed by atoms with van der Waals surface area (Å²) in [5.41, 5.74) is 12.4. The van der Waals surface area contributed by atoms with E-state index in [2.05, 4.69) is 0 Å². The highest BCUT2D eigenvalue weighted by Gasteiger charge is 2.34. The van der Waals surface area contributed by atoms with Gasteiger partial charge in [0.05, 0.1) is 50.7 Å². The van der Waals surface area contributed by atoms with E-state index in [-0.39, 0.29) is 30.4 Å². The van der Waals surface area contributed by atoms with Crippen LogP contribution in [-0.4, -0.2) is 190 Å². The second-order valence-corrected chi connectivity index (χ2v) is 12.9. The summed E-state index contributed by atoms with van der Waals surface area (Å²) in [7, 11) is 0. The van der Waals surface area contributed by atoms with Crippen molar-refractivity contribution < 1.29 is 75.6 Å². The quantitative estimate of drug-likeness (QED) is 0.0470. The topological polar surface area (TPSA) is 341 Å². The van der Waals surface area contributed by atoms with Gasteiger partial charge in [0, 0.05) is 31.1 Å². The molecule has 0 aromatic heterocycles. The fraction of sp³-hybridized carbons (Fsp3) is 0.714. The minimum absolute atomic E-state index is 0.0875. The van der Waals surface area contributed by atoms with Crippen LogP contribution in [0.25, 0.3) is 0 Å². The van der Waals surface area contributed by atoms with E-state index in [9.17, 15) is 55.5 Å². The monoisotopic (exact) mass is 731 g/mol. The Bertz CT molecular complexity index is 1070. The zero-order valence-electron chi connectivity index (χ0n) is 26.1. The van der Waals surface area contributed by atoms with E-state index in [4.69, 9.17) is 31.5 Å². The first-order chi connectivity index (χ1) is 22.6. The van der Waals surface area contributed by atoms with Crippen molar-refractivity contribution in [1.29, 1.82) is 0 Å². The molecule has 0 saturated heterocycles. The Labute approximate surface area is 285 Å². The number of thioether (sulfide) groups is 2. The number of hydrogen-bond acceptors (Lipinski definition) is 20. The van der Waals surface area contributed by atoms with E-state index in [1.165, 1.54) is 4.90 Å². The van der Waals surface area contributed by atoms with Crippen LogP contribution in [0.3, 0.4) is 0 Å². The Morgan fingerprint density at radius 3 is 1.48 bits per heavy atom. The van der Waals surface area contributed by atoms with Crippen LogP contribution < -0.4 is 16.2 Å². The Kier molecular flexibility index (Phi) is 21.3. The molecular formula is C28H49N3O15S2. The van der Waals surface area contributed by atoms with Crippen molar-refractivity contribution in [2.75, 3.05) is 52.7 Å². The second-order valence-electron chi connectivity index (χ2n) is 10.9. The van der Waals surface area contributed by atoms with E-state index in [1.807, 2.05) is 0 Å². The molecule has 1 aromatic carbocycles. The molecule has 20 heteroatoms. The lowest BCUT2D eigenvalue weighted by atomic mass is 10.0. The van der Waals surface area contributed by atoms with Gasteiger partial charge >= 0.3 is 0 Å². The average molecular weight is 732 g/mol. The number of aliphatic hydroxyl groups excluding tert-OH is 12. The molecule has 0 unspecified atom stereocenters. The maximum absolute atomic E-state index is 12.2. The average Bonchev–Trinajstić information content (AvgIpc) is 3.09. The molecule has 0 fully saturated rings. The van der Waals surface area contributed by atoms with Gasteiger partial charge in [-0.15, -0.1) is 0 Å². The lowest BCUT2D eigenvalue weighted by molar-refractivity contribution is -0.130. The van der Waals surface area contributed by atoms with Gasteiger partial charge in [0.2, 0.25) is 10.2 Å². The van der Waals surface area contributed by atoms with E-state index in [1.54, 1.807) is 18.2 Å². The number of carbonyl (C=O) groups excluding carboxylic acids is 2. The number of carbonyl (C=O) groups is 2. The minimum Gasteiger partial charge on any atom is -0.492 e. The number of aliphatic hydroxyl groups is 12. The number of ether oxygens (including phenoxy) is 1. The van der Waals surface area contributed by atoms with Crippen LogP contribution in [0.15, 0.2) is 18.2 Å². The van der Waals surface area contributed by atoms with Crippen molar-refractivity contribution in [1.82, 2.24) is 4.90 Å². The molecule has 0 radical (unpaired) electrons. The van der Waals surface area contributed by atoms with Crippen LogP contribution in [-0.2, 0) is 21.1 Å².